The number of rotatable bonds is 10. The molecule has 0 aromatic heterocycles. The monoisotopic (exact) mass is 393 g/mol. The molecule has 2 N–H and O–H groups in total. The van der Waals surface area contributed by atoms with Gasteiger partial charge < -0.3 is 10.4 Å². The Morgan fingerprint density at radius 1 is 1.08 bits per heavy atom. The van der Waals surface area contributed by atoms with Crippen molar-refractivity contribution in [3.8, 4) is 0 Å². The quantitative estimate of drug-likeness (QED) is 0.569. The van der Waals surface area contributed by atoms with Gasteiger partial charge in [-0.1, -0.05) is 66.5 Å². The van der Waals surface area contributed by atoms with Gasteiger partial charge in [0.25, 0.3) is 0 Å². The Balaban J connectivity index is 2.06. The Bertz CT molecular complexity index is 706. The van der Waals surface area contributed by atoms with Crippen molar-refractivity contribution < 1.29 is 9.90 Å². The van der Waals surface area contributed by atoms with Crippen LogP contribution in [-0.2, 0) is 17.6 Å². The van der Waals surface area contributed by atoms with E-state index in [1.165, 1.54) is 5.56 Å². The fraction of sp³-hybridized carbons (Fsp3) is 0.381. The summed E-state index contributed by atoms with van der Waals surface area (Å²) in [6.45, 7) is 2.12. The molecule has 0 saturated heterocycles. The van der Waals surface area contributed by atoms with Crippen molar-refractivity contribution in [2.45, 2.75) is 51.1 Å². The van der Waals surface area contributed by atoms with Crippen molar-refractivity contribution in [1.82, 2.24) is 5.32 Å². The number of hydrogen-bond acceptors (Lipinski definition) is 2. The smallest absolute Gasteiger partial charge is 0.303 e. The van der Waals surface area contributed by atoms with Crippen molar-refractivity contribution in [2.75, 3.05) is 0 Å². The largest absolute Gasteiger partial charge is 0.481 e. The average molecular weight is 394 g/mol. The van der Waals surface area contributed by atoms with E-state index >= 15 is 0 Å². The van der Waals surface area contributed by atoms with Gasteiger partial charge in [-0.2, -0.15) is 0 Å². The highest BCUT2D eigenvalue weighted by molar-refractivity contribution is 6.35. The van der Waals surface area contributed by atoms with Gasteiger partial charge in [-0.15, -0.1) is 0 Å². The van der Waals surface area contributed by atoms with Gasteiger partial charge in [-0.3, -0.25) is 4.79 Å². The molecule has 0 fully saturated rings. The van der Waals surface area contributed by atoms with Crippen LogP contribution in [-0.4, -0.2) is 23.2 Å². The number of carboxylic acids is 1. The summed E-state index contributed by atoms with van der Waals surface area (Å²) in [4.78, 5) is 11.0. The van der Waals surface area contributed by atoms with Crippen LogP contribution in [0.4, 0.5) is 0 Å². The van der Waals surface area contributed by atoms with E-state index in [2.05, 4.69) is 24.4 Å². The zero-order chi connectivity index (χ0) is 18.9. The number of nitrogens with one attached hydrogen (secondary N) is 1. The first-order valence-corrected chi connectivity index (χ1v) is 9.69. The number of carbonyl (C=O) groups is 1. The third-order valence-corrected chi connectivity index (χ3v) is 5.06. The van der Waals surface area contributed by atoms with Crippen molar-refractivity contribution in [3.63, 3.8) is 0 Å². The third kappa shape index (κ3) is 6.99. The number of carboxylic acid groups (broad SMARTS) is 1. The molecular weight excluding hydrogens is 369 g/mol. The molecule has 5 heteroatoms. The lowest BCUT2D eigenvalue weighted by Crippen LogP contribution is -2.41. The molecule has 0 saturated carbocycles. The predicted molar refractivity (Wildman–Crippen MR) is 108 cm³/mol. The minimum absolute atomic E-state index is 0.101. The van der Waals surface area contributed by atoms with Crippen LogP contribution in [0.3, 0.4) is 0 Å². The Morgan fingerprint density at radius 3 is 2.42 bits per heavy atom. The van der Waals surface area contributed by atoms with E-state index in [1.807, 2.05) is 30.3 Å². The van der Waals surface area contributed by atoms with Gasteiger partial charge in [-0.05, 0) is 48.9 Å². The van der Waals surface area contributed by atoms with Crippen LogP contribution >= 0.6 is 23.2 Å². The zero-order valence-electron chi connectivity index (χ0n) is 14.9. The second-order valence-corrected chi connectivity index (χ2v) is 7.37. The van der Waals surface area contributed by atoms with E-state index in [1.54, 1.807) is 6.07 Å². The molecule has 0 radical (unpaired) electrons. The van der Waals surface area contributed by atoms with E-state index in [-0.39, 0.29) is 18.5 Å². The lowest BCUT2D eigenvalue weighted by molar-refractivity contribution is -0.137. The van der Waals surface area contributed by atoms with Crippen LogP contribution in [0, 0.1) is 0 Å². The average Bonchev–Trinajstić information content (AvgIpc) is 2.61. The van der Waals surface area contributed by atoms with Gasteiger partial charge in [0, 0.05) is 28.5 Å². The zero-order valence-corrected chi connectivity index (χ0v) is 16.4. The third-order valence-electron chi connectivity index (χ3n) is 4.48. The topological polar surface area (TPSA) is 49.3 Å². The molecule has 2 aromatic rings. The van der Waals surface area contributed by atoms with Gasteiger partial charge in [0.1, 0.15) is 0 Å². The number of hydrogen-bond donors (Lipinski definition) is 2. The minimum atomic E-state index is -0.765. The normalized spacial score (nSPS) is 13.3. The second-order valence-electron chi connectivity index (χ2n) is 6.53. The molecular formula is C21H25Cl2NO2. The minimum Gasteiger partial charge on any atom is -0.481 e. The van der Waals surface area contributed by atoms with E-state index in [9.17, 15) is 4.79 Å². The van der Waals surface area contributed by atoms with E-state index in [0.29, 0.717) is 16.5 Å². The SMILES string of the molecule is CCC(Cc1ccc(Cl)cc1Cl)NC(CCC(=O)O)Cc1ccccc1. The number of aliphatic carboxylic acids is 1. The molecule has 0 spiro atoms. The molecule has 26 heavy (non-hydrogen) atoms. The highest BCUT2D eigenvalue weighted by atomic mass is 35.5. The molecule has 0 aliphatic heterocycles. The van der Waals surface area contributed by atoms with Crippen LogP contribution < -0.4 is 5.32 Å². The number of benzene rings is 2. The molecule has 3 nitrogen and oxygen atoms in total. The van der Waals surface area contributed by atoms with E-state index in [4.69, 9.17) is 28.3 Å². The molecule has 140 valence electrons. The van der Waals surface area contributed by atoms with Crippen LogP contribution in [0.25, 0.3) is 0 Å². The lowest BCUT2D eigenvalue weighted by Gasteiger charge is -2.25. The summed E-state index contributed by atoms with van der Waals surface area (Å²) >= 11 is 12.3. The van der Waals surface area contributed by atoms with E-state index in [0.717, 1.165) is 24.8 Å². The van der Waals surface area contributed by atoms with Gasteiger partial charge in [0.15, 0.2) is 0 Å². The fourth-order valence-electron chi connectivity index (χ4n) is 3.05. The van der Waals surface area contributed by atoms with Crippen LogP contribution in [0.2, 0.25) is 10.0 Å². The standard InChI is InChI=1S/C21H25Cl2NO2/c1-2-18(13-16-8-9-17(22)14-20(16)23)24-19(10-11-21(25)26)12-15-6-4-3-5-7-15/h3-9,14,18-19,24H,2,10-13H2,1H3,(H,25,26). The van der Waals surface area contributed by atoms with Gasteiger partial charge in [0.2, 0.25) is 0 Å². The first-order chi connectivity index (χ1) is 12.5. The summed E-state index contributed by atoms with van der Waals surface area (Å²) in [5.41, 5.74) is 2.25. The molecule has 0 aliphatic rings. The van der Waals surface area contributed by atoms with Crippen molar-refractivity contribution >= 4 is 29.2 Å². The van der Waals surface area contributed by atoms with Gasteiger partial charge in [-0.25, -0.2) is 0 Å². The molecule has 0 bridgehead atoms. The highest BCUT2D eigenvalue weighted by Crippen LogP contribution is 2.23. The molecule has 0 heterocycles. The summed E-state index contributed by atoms with van der Waals surface area (Å²) in [6, 6.07) is 16.0. The van der Waals surface area contributed by atoms with Crippen molar-refractivity contribution in [1.29, 1.82) is 0 Å². The van der Waals surface area contributed by atoms with Crippen molar-refractivity contribution in [2.24, 2.45) is 0 Å². The molecule has 0 amide bonds. The summed E-state index contributed by atoms with van der Waals surface area (Å²) in [7, 11) is 0. The maximum Gasteiger partial charge on any atom is 0.303 e. The maximum absolute atomic E-state index is 11.0. The first-order valence-electron chi connectivity index (χ1n) is 8.93. The Morgan fingerprint density at radius 2 is 1.81 bits per heavy atom. The Labute approximate surface area is 165 Å². The predicted octanol–water partition coefficient (Wildman–Crippen LogP) is 5.38. The second kappa shape index (κ2) is 10.6. The molecule has 2 atom stereocenters. The summed E-state index contributed by atoms with van der Waals surface area (Å²) in [5, 5.41) is 14.0. The van der Waals surface area contributed by atoms with Crippen molar-refractivity contribution in [3.05, 3.63) is 69.7 Å². The molecule has 2 rings (SSSR count). The summed E-state index contributed by atoms with van der Waals surface area (Å²) in [6.07, 6.45) is 3.26. The van der Waals surface area contributed by atoms with Crippen LogP contribution in [0.15, 0.2) is 48.5 Å². The van der Waals surface area contributed by atoms with E-state index < -0.39 is 5.97 Å². The maximum atomic E-state index is 11.0. The van der Waals surface area contributed by atoms with Gasteiger partial charge in [0.05, 0.1) is 0 Å². The molecule has 0 aliphatic carbocycles. The first kappa shape index (κ1) is 20.8. The molecule has 2 unspecified atom stereocenters. The fourth-order valence-corrected chi connectivity index (χ4v) is 3.53. The summed E-state index contributed by atoms with van der Waals surface area (Å²) < 4.78 is 0. The molecule has 2 aromatic carbocycles. The number of halogens is 2. The Hall–Kier alpha value is -1.55. The lowest BCUT2D eigenvalue weighted by atomic mass is 9.98. The highest BCUT2D eigenvalue weighted by Gasteiger charge is 2.17. The summed E-state index contributed by atoms with van der Waals surface area (Å²) in [5.74, 6) is -0.765. The van der Waals surface area contributed by atoms with Crippen LogP contribution in [0.5, 0.6) is 0 Å². The Kier molecular flexibility index (Phi) is 8.43. The van der Waals surface area contributed by atoms with Gasteiger partial charge >= 0.3 is 5.97 Å². The van der Waals surface area contributed by atoms with Crippen LogP contribution in [0.1, 0.15) is 37.3 Å².